The molecular weight excluding hydrogens is 476 g/mol. The molecule has 1 amide bonds. The summed E-state index contributed by atoms with van der Waals surface area (Å²) in [5.74, 6) is -0.735. The van der Waals surface area contributed by atoms with Crippen molar-refractivity contribution in [1.82, 2.24) is 9.47 Å². The number of piperazine rings is 1. The number of esters is 1. The monoisotopic (exact) mass is 502 g/mol. The summed E-state index contributed by atoms with van der Waals surface area (Å²) in [6.45, 7) is 6.29. The molecule has 1 aliphatic rings. The van der Waals surface area contributed by atoms with E-state index >= 15 is 0 Å². The number of benzene rings is 2. The molecule has 4 rings (SSSR count). The highest BCUT2D eigenvalue weighted by atomic mass is 35.5. The van der Waals surface area contributed by atoms with E-state index in [0.717, 1.165) is 22.6 Å². The lowest BCUT2D eigenvalue weighted by Gasteiger charge is -2.36. The molecule has 0 bridgehead atoms. The van der Waals surface area contributed by atoms with Crippen LogP contribution in [0.15, 0.2) is 60.2 Å². The van der Waals surface area contributed by atoms with Crippen molar-refractivity contribution in [3.8, 4) is 11.8 Å². The first-order chi connectivity index (χ1) is 17.3. The van der Waals surface area contributed by atoms with Gasteiger partial charge in [-0.25, -0.2) is 4.79 Å². The number of para-hydroxylation sites is 1. The predicted molar refractivity (Wildman–Crippen MR) is 140 cm³/mol. The molecule has 184 valence electrons. The molecule has 0 N–H and O–H groups in total. The van der Waals surface area contributed by atoms with Crippen LogP contribution in [0.1, 0.15) is 27.3 Å². The Balaban J connectivity index is 1.58. The molecule has 0 spiro atoms. The average Bonchev–Trinajstić information content (AvgIpc) is 3.19. The Kier molecular flexibility index (Phi) is 7.47. The van der Waals surface area contributed by atoms with E-state index < -0.39 is 5.97 Å². The standard InChI is InChI=1S/C28H27ClN4O3/c1-19-15-22(20(2)33(19)26-17-21(28(35)36-3)9-10-25(26)29)16-23(18-30)27(34)32-13-11-31(12-14-32)24-7-5-4-6-8-24/h4-10,15-17H,11-14H2,1-3H3/b23-16-. The summed E-state index contributed by atoms with van der Waals surface area (Å²) in [7, 11) is 1.33. The Morgan fingerprint density at radius 3 is 2.36 bits per heavy atom. The van der Waals surface area contributed by atoms with Gasteiger partial charge in [-0.2, -0.15) is 5.26 Å². The molecule has 0 atom stereocenters. The summed E-state index contributed by atoms with van der Waals surface area (Å²) in [6, 6.07) is 19.0. The first kappa shape index (κ1) is 25.1. The number of hydrogen-bond acceptors (Lipinski definition) is 5. The van der Waals surface area contributed by atoms with Crippen molar-refractivity contribution in [2.75, 3.05) is 38.2 Å². The second kappa shape index (κ2) is 10.7. The van der Waals surface area contributed by atoms with E-state index in [1.54, 1.807) is 29.2 Å². The number of nitrogens with zero attached hydrogens (tertiary/aromatic N) is 4. The van der Waals surface area contributed by atoms with Crippen LogP contribution in [0.2, 0.25) is 5.02 Å². The van der Waals surface area contributed by atoms with Crippen molar-refractivity contribution in [2.45, 2.75) is 13.8 Å². The third kappa shape index (κ3) is 5.00. The molecule has 1 aromatic heterocycles. The fourth-order valence-corrected chi connectivity index (χ4v) is 4.71. The average molecular weight is 503 g/mol. The normalized spacial score (nSPS) is 13.9. The highest BCUT2D eigenvalue weighted by Gasteiger charge is 2.24. The Bertz CT molecular complexity index is 1360. The van der Waals surface area contributed by atoms with Crippen LogP contribution in [0.5, 0.6) is 0 Å². The molecule has 2 heterocycles. The lowest BCUT2D eigenvalue weighted by atomic mass is 10.1. The number of nitriles is 1. The highest BCUT2D eigenvalue weighted by Crippen LogP contribution is 2.29. The summed E-state index contributed by atoms with van der Waals surface area (Å²) in [4.78, 5) is 29.2. The van der Waals surface area contributed by atoms with Crippen molar-refractivity contribution in [3.63, 3.8) is 0 Å². The molecule has 0 saturated carbocycles. The summed E-state index contributed by atoms with van der Waals surface area (Å²) in [5.41, 5.74) is 4.59. The minimum absolute atomic E-state index is 0.0813. The largest absolute Gasteiger partial charge is 0.465 e. The van der Waals surface area contributed by atoms with Gasteiger partial charge in [-0.3, -0.25) is 4.79 Å². The van der Waals surface area contributed by atoms with Crippen LogP contribution >= 0.6 is 11.6 Å². The molecule has 8 heteroatoms. The van der Waals surface area contributed by atoms with Crippen molar-refractivity contribution < 1.29 is 14.3 Å². The zero-order chi connectivity index (χ0) is 25.8. The van der Waals surface area contributed by atoms with Crippen LogP contribution in [0.4, 0.5) is 5.69 Å². The molecule has 0 unspecified atom stereocenters. The Morgan fingerprint density at radius 2 is 1.72 bits per heavy atom. The number of methoxy groups -OCH3 is 1. The van der Waals surface area contributed by atoms with Crippen molar-refractivity contribution in [1.29, 1.82) is 5.26 Å². The number of aromatic nitrogens is 1. The van der Waals surface area contributed by atoms with Crippen LogP contribution in [0.3, 0.4) is 0 Å². The van der Waals surface area contributed by atoms with Gasteiger partial charge in [-0.05, 0) is 61.9 Å². The maximum Gasteiger partial charge on any atom is 0.337 e. The zero-order valence-corrected chi connectivity index (χ0v) is 21.2. The predicted octanol–water partition coefficient (Wildman–Crippen LogP) is 4.79. The van der Waals surface area contributed by atoms with Gasteiger partial charge in [0.1, 0.15) is 11.6 Å². The Hall–Kier alpha value is -4.02. The fraction of sp³-hybridized carbons (Fsp3) is 0.250. The fourth-order valence-electron chi connectivity index (χ4n) is 4.51. The van der Waals surface area contributed by atoms with E-state index in [1.807, 2.05) is 42.7 Å². The smallest absolute Gasteiger partial charge is 0.337 e. The topological polar surface area (TPSA) is 78.6 Å². The lowest BCUT2D eigenvalue weighted by Crippen LogP contribution is -2.49. The van der Waals surface area contributed by atoms with Gasteiger partial charge in [0.15, 0.2) is 0 Å². The number of aryl methyl sites for hydroxylation is 1. The number of carbonyl (C=O) groups excluding carboxylic acids is 2. The highest BCUT2D eigenvalue weighted by molar-refractivity contribution is 6.32. The van der Waals surface area contributed by atoms with Gasteiger partial charge in [-0.15, -0.1) is 0 Å². The van der Waals surface area contributed by atoms with E-state index in [0.29, 0.717) is 42.5 Å². The number of amides is 1. The molecule has 3 aromatic rings. The van der Waals surface area contributed by atoms with Gasteiger partial charge in [-0.1, -0.05) is 29.8 Å². The van der Waals surface area contributed by atoms with Crippen LogP contribution in [-0.2, 0) is 9.53 Å². The third-order valence-corrected chi connectivity index (χ3v) is 6.74. The number of halogens is 1. The van der Waals surface area contributed by atoms with Crippen LogP contribution in [0, 0.1) is 25.2 Å². The summed E-state index contributed by atoms with van der Waals surface area (Å²) < 4.78 is 6.74. The van der Waals surface area contributed by atoms with Gasteiger partial charge >= 0.3 is 5.97 Å². The van der Waals surface area contributed by atoms with Crippen molar-refractivity contribution in [2.24, 2.45) is 0 Å². The number of carbonyl (C=O) groups is 2. The first-order valence-corrected chi connectivity index (χ1v) is 12.0. The van der Waals surface area contributed by atoms with E-state index in [2.05, 4.69) is 23.1 Å². The zero-order valence-electron chi connectivity index (χ0n) is 20.5. The molecule has 36 heavy (non-hydrogen) atoms. The van der Waals surface area contributed by atoms with Gasteiger partial charge in [0.05, 0.1) is 23.4 Å². The second-order valence-electron chi connectivity index (χ2n) is 8.60. The van der Waals surface area contributed by atoms with E-state index in [9.17, 15) is 14.9 Å². The molecule has 7 nitrogen and oxygen atoms in total. The number of anilines is 1. The van der Waals surface area contributed by atoms with Crippen LogP contribution < -0.4 is 4.90 Å². The molecule has 1 fully saturated rings. The van der Waals surface area contributed by atoms with Gasteiger partial charge < -0.3 is 19.1 Å². The molecule has 2 aromatic carbocycles. The number of rotatable bonds is 5. The van der Waals surface area contributed by atoms with Crippen LogP contribution in [-0.4, -0.2) is 54.6 Å². The van der Waals surface area contributed by atoms with E-state index in [-0.39, 0.29) is 11.5 Å². The summed E-state index contributed by atoms with van der Waals surface area (Å²) in [6.07, 6.45) is 1.63. The maximum absolute atomic E-state index is 13.2. The Labute approximate surface area is 215 Å². The van der Waals surface area contributed by atoms with Crippen LogP contribution in [0.25, 0.3) is 11.8 Å². The molecular formula is C28H27ClN4O3. The van der Waals surface area contributed by atoms with Gasteiger partial charge in [0.2, 0.25) is 0 Å². The molecule has 1 saturated heterocycles. The van der Waals surface area contributed by atoms with Crippen molar-refractivity contribution >= 4 is 35.2 Å². The number of hydrogen-bond donors (Lipinski definition) is 0. The first-order valence-electron chi connectivity index (χ1n) is 11.6. The van der Waals surface area contributed by atoms with E-state index in [1.165, 1.54) is 7.11 Å². The van der Waals surface area contributed by atoms with Gasteiger partial charge in [0, 0.05) is 43.3 Å². The minimum Gasteiger partial charge on any atom is -0.465 e. The minimum atomic E-state index is -0.458. The number of ether oxygens (including phenoxy) is 1. The summed E-state index contributed by atoms with van der Waals surface area (Å²) in [5, 5.41) is 10.3. The lowest BCUT2D eigenvalue weighted by molar-refractivity contribution is -0.126. The summed E-state index contributed by atoms with van der Waals surface area (Å²) >= 11 is 6.47. The van der Waals surface area contributed by atoms with Gasteiger partial charge in [0.25, 0.3) is 5.91 Å². The second-order valence-corrected chi connectivity index (χ2v) is 9.01. The molecule has 0 radical (unpaired) electrons. The third-order valence-electron chi connectivity index (χ3n) is 6.42. The molecule has 0 aliphatic carbocycles. The van der Waals surface area contributed by atoms with Crippen molar-refractivity contribution in [3.05, 3.63) is 87.7 Å². The maximum atomic E-state index is 13.2. The van der Waals surface area contributed by atoms with E-state index in [4.69, 9.17) is 16.3 Å². The quantitative estimate of drug-likeness (QED) is 0.285. The molecule has 1 aliphatic heterocycles. The Morgan fingerprint density at radius 1 is 1.03 bits per heavy atom. The SMILES string of the molecule is COC(=O)c1ccc(Cl)c(-n2c(C)cc(/C=C(/C#N)C(=O)N3CCN(c4ccccc4)CC3)c2C)c1.